The lowest BCUT2D eigenvalue weighted by atomic mass is 10.1. The summed E-state index contributed by atoms with van der Waals surface area (Å²) in [6.45, 7) is 2.90. The number of carboxylic acid groups (broad SMARTS) is 1. The Hall–Kier alpha value is -2.13. The number of hydrogen-bond donors (Lipinski definition) is 2. The van der Waals surface area contributed by atoms with Gasteiger partial charge in [-0.15, -0.1) is 0 Å². The molecule has 8 nitrogen and oxygen atoms in total. The van der Waals surface area contributed by atoms with Crippen LogP contribution in [0.4, 0.5) is 5.69 Å². The summed E-state index contributed by atoms with van der Waals surface area (Å²) in [5.74, 6) is -1.76. The predicted molar refractivity (Wildman–Crippen MR) is 93.3 cm³/mol. The molecule has 2 rings (SSSR count). The van der Waals surface area contributed by atoms with E-state index in [2.05, 4.69) is 5.32 Å². The monoisotopic (exact) mass is 369 g/mol. The number of amides is 1. The fourth-order valence-corrected chi connectivity index (χ4v) is 3.57. The van der Waals surface area contributed by atoms with Gasteiger partial charge in [0.15, 0.2) is 0 Å². The molecule has 138 valence electrons. The maximum absolute atomic E-state index is 12.6. The molecule has 9 heteroatoms. The molecule has 1 atom stereocenters. The number of benzene rings is 1. The highest BCUT2D eigenvalue weighted by atomic mass is 32.2. The number of sulfonamides is 1. The fraction of sp³-hybridized carbons (Fsp3) is 0.500. The number of aliphatic carboxylic acids is 1. The van der Waals surface area contributed by atoms with Gasteiger partial charge in [0.05, 0.1) is 10.5 Å². The Kier molecular flexibility index (Phi) is 5.69. The minimum atomic E-state index is -3.70. The van der Waals surface area contributed by atoms with E-state index >= 15 is 0 Å². The normalized spacial score (nSPS) is 16.1. The number of rotatable bonds is 6. The zero-order valence-corrected chi connectivity index (χ0v) is 15.3. The van der Waals surface area contributed by atoms with Crippen LogP contribution in [0.2, 0.25) is 0 Å². The van der Waals surface area contributed by atoms with Crippen LogP contribution in [0, 0.1) is 0 Å². The molecule has 1 aliphatic heterocycles. The Morgan fingerprint density at radius 2 is 1.84 bits per heavy atom. The van der Waals surface area contributed by atoms with Gasteiger partial charge in [0.25, 0.3) is 5.91 Å². The van der Waals surface area contributed by atoms with Crippen molar-refractivity contribution in [1.29, 1.82) is 0 Å². The second kappa shape index (κ2) is 7.40. The van der Waals surface area contributed by atoms with Gasteiger partial charge in [-0.25, -0.2) is 12.7 Å². The van der Waals surface area contributed by atoms with Gasteiger partial charge in [0.1, 0.15) is 6.04 Å². The van der Waals surface area contributed by atoms with Crippen LogP contribution in [0.25, 0.3) is 0 Å². The van der Waals surface area contributed by atoms with Crippen molar-refractivity contribution in [2.45, 2.75) is 30.7 Å². The maximum Gasteiger partial charge on any atom is 0.325 e. The van der Waals surface area contributed by atoms with Crippen LogP contribution in [-0.4, -0.2) is 62.9 Å². The Morgan fingerprint density at radius 1 is 1.24 bits per heavy atom. The third-order valence-electron chi connectivity index (χ3n) is 4.16. The molecule has 0 saturated carbocycles. The van der Waals surface area contributed by atoms with E-state index in [4.69, 9.17) is 5.11 Å². The Morgan fingerprint density at radius 3 is 2.36 bits per heavy atom. The zero-order chi connectivity index (χ0) is 18.8. The molecule has 0 radical (unpaired) electrons. The van der Waals surface area contributed by atoms with E-state index in [0.29, 0.717) is 5.69 Å². The topological polar surface area (TPSA) is 107 Å². The highest BCUT2D eigenvalue weighted by Crippen LogP contribution is 2.28. The first-order valence-electron chi connectivity index (χ1n) is 8.00. The molecular weight excluding hydrogens is 346 g/mol. The summed E-state index contributed by atoms with van der Waals surface area (Å²) in [4.78, 5) is 25.6. The quantitative estimate of drug-likeness (QED) is 0.766. The van der Waals surface area contributed by atoms with Crippen molar-refractivity contribution in [3.05, 3.63) is 23.8 Å². The van der Waals surface area contributed by atoms with E-state index in [9.17, 15) is 18.0 Å². The molecule has 0 aliphatic carbocycles. The van der Waals surface area contributed by atoms with Gasteiger partial charge < -0.3 is 15.3 Å². The molecule has 0 spiro atoms. The molecule has 0 bridgehead atoms. The van der Waals surface area contributed by atoms with E-state index in [1.807, 2.05) is 4.90 Å². The number of hydrogen-bond acceptors (Lipinski definition) is 5. The van der Waals surface area contributed by atoms with Crippen molar-refractivity contribution in [2.24, 2.45) is 0 Å². The summed E-state index contributed by atoms with van der Waals surface area (Å²) in [5.41, 5.74) is 0.781. The van der Waals surface area contributed by atoms with E-state index in [1.165, 1.54) is 33.2 Å². The van der Waals surface area contributed by atoms with Crippen molar-refractivity contribution in [3.63, 3.8) is 0 Å². The van der Waals surface area contributed by atoms with Crippen LogP contribution in [0.3, 0.4) is 0 Å². The van der Waals surface area contributed by atoms with Crippen LogP contribution in [-0.2, 0) is 14.8 Å². The molecule has 1 aromatic carbocycles. The van der Waals surface area contributed by atoms with Crippen molar-refractivity contribution >= 4 is 27.6 Å². The van der Waals surface area contributed by atoms with Crippen LogP contribution in [0.5, 0.6) is 0 Å². The first-order chi connectivity index (χ1) is 11.6. The van der Waals surface area contributed by atoms with Gasteiger partial charge in [0, 0.05) is 32.9 Å². The number of nitrogens with zero attached hydrogens (tertiary/aromatic N) is 2. The van der Waals surface area contributed by atoms with E-state index in [1.54, 1.807) is 6.07 Å². The molecule has 1 fully saturated rings. The highest BCUT2D eigenvalue weighted by Gasteiger charge is 2.26. The SMILES string of the molecule is C[C@H](NC(=O)c1cc(S(=O)(=O)N(C)C)ccc1N1CCCC1)C(=O)O. The summed E-state index contributed by atoms with van der Waals surface area (Å²) in [6.07, 6.45) is 1.98. The molecular formula is C16H23N3O5S. The lowest BCUT2D eigenvalue weighted by molar-refractivity contribution is -0.138. The van der Waals surface area contributed by atoms with Crippen LogP contribution in [0.15, 0.2) is 23.1 Å². The van der Waals surface area contributed by atoms with Gasteiger partial charge in [-0.05, 0) is 38.0 Å². The lowest BCUT2D eigenvalue weighted by Crippen LogP contribution is -2.39. The first-order valence-corrected chi connectivity index (χ1v) is 9.44. The second-order valence-electron chi connectivity index (χ2n) is 6.19. The minimum Gasteiger partial charge on any atom is -0.480 e. The average Bonchev–Trinajstić information content (AvgIpc) is 3.08. The Bertz CT molecular complexity index is 770. The molecule has 2 N–H and O–H groups in total. The van der Waals surface area contributed by atoms with Gasteiger partial charge in [-0.1, -0.05) is 0 Å². The maximum atomic E-state index is 12.6. The average molecular weight is 369 g/mol. The number of carbonyl (C=O) groups is 2. The van der Waals surface area contributed by atoms with E-state index in [0.717, 1.165) is 30.2 Å². The summed E-state index contributed by atoms with van der Waals surface area (Å²) < 4.78 is 25.8. The van der Waals surface area contributed by atoms with E-state index in [-0.39, 0.29) is 10.5 Å². The molecule has 1 aromatic rings. The van der Waals surface area contributed by atoms with Crippen molar-refractivity contribution in [3.8, 4) is 0 Å². The fourth-order valence-electron chi connectivity index (χ4n) is 2.64. The molecule has 25 heavy (non-hydrogen) atoms. The summed E-state index contributed by atoms with van der Waals surface area (Å²) in [5, 5.41) is 11.4. The van der Waals surface area contributed by atoms with Gasteiger partial charge in [-0.3, -0.25) is 9.59 Å². The summed E-state index contributed by atoms with van der Waals surface area (Å²) in [7, 11) is -0.874. The number of carboxylic acids is 1. The van der Waals surface area contributed by atoms with E-state index < -0.39 is 27.9 Å². The van der Waals surface area contributed by atoms with Crippen LogP contribution >= 0.6 is 0 Å². The third-order valence-corrected chi connectivity index (χ3v) is 5.97. The predicted octanol–water partition coefficient (Wildman–Crippen LogP) is 0.740. The Balaban J connectivity index is 2.47. The largest absolute Gasteiger partial charge is 0.480 e. The Labute approximate surface area is 147 Å². The number of anilines is 1. The minimum absolute atomic E-state index is 0.00595. The van der Waals surface area contributed by atoms with Gasteiger partial charge in [-0.2, -0.15) is 0 Å². The standard InChI is InChI=1S/C16H23N3O5S/c1-11(16(21)22)17-15(20)13-10-12(25(23,24)18(2)3)6-7-14(13)19-8-4-5-9-19/h6-7,10-11H,4-5,8-9H2,1-3H3,(H,17,20)(H,21,22)/t11-/m0/s1. The van der Waals surface area contributed by atoms with Crippen LogP contribution < -0.4 is 10.2 Å². The third kappa shape index (κ3) is 4.10. The highest BCUT2D eigenvalue weighted by molar-refractivity contribution is 7.89. The molecule has 0 aromatic heterocycles. The first kappa shape index (κ1) is 19.2. The summed E-state index contributed by atoms with van der Waals surface area (Å²) >= 11 is 0. The lowest BCUT2D eigenvalue weighted by Gasteiger charge is -2.23. The molecule has 0 unspecified atom stereocenters. The molecule has 1 heterocycles. The zero-order valence-electron chi connectivity index (χ0n) is 14.5. The number of nitrogens with one attached hydrogen (secondary N) is 1. The van der Waals surface area contributed by atoms with Crippen molar-refractivity contribution < 1.29 is 23.1 Å². The van der Waals surface area contributed by atoms with Crippen LogP contribution in [0.1, 0.15) is 30.1 Å². The number of carbonyl (C=O) groups excluding carboxylic acids is 1. The second-order valence-corrected chi connectivity index (χ2v) is 8.35. The molecule has 1 saturated heterocycles. The van der Waals surface area contributed by atoms with Gasteiger partial charge in [0.2, 0.25) is 10.0 Å². The van der Waals surface area contributed by atoms with Gasteiger partial charge >= 0.3 is 5.97 Å². The molecule has 1 aliphatic rings. The summed E-state index contributed by atoms with van der Waals surface area (Å²) in [6, 6.07) is 3.32. The molecule has 1 amide bonds. The van der Waals surface area contributed by atoms with Crippen molar-refractivity contribution in [1.82, 2.24) is 9.62 Å². The van der Waals surface area contributed by atoms with Crippen molar-refractivity contribution in [2.75, 3.05) is 32.1 Å². The smallest absolute Gasteiger partial charge is 0.325 e.